The summed E-state index contributed by atoms with van der Waals surface area (Å²) in [5, 5.41) is 9.19. The lowest BCUT2D eigenvalue weighted by atomic mass is 9.99. The van der Waals surface area contributed by atoms with Gasteiger partial charge in [-0.2, -0.15) is 0 Å². The molecule has 0 aromatic carbocycles. The molecule has 1 aliphatic carbocycles. The van der Waals surface area contributed by atoms with E-state index in [1.807, 2.05) is 13.0 Å². The Hall–Kier alpha value is -0.340. The van der Waals surface area contributed by atoms with Gasteiger partial charge in [0.05, 0.1) is 6.10 Å². The molecule has 0 radical (unpaired) electrons. The summed E-state index contributed by atoms with van der Waals surface area (Å²) in [4.78, 5) is 0. The number of epoxide rings is 1. The smallest absolute Gasteiger partial charge is 0.114 e. The summed E-state index contributed by atoms with van der Waals surface area (Å²) in [5.41, 5.74) is 1.25. The van der Waals surface area contributed by atoms with E-state index in [4.69, 9.17) is 4.74 Å². The highest BCUT2D eigenvalue weighted by molar-refractivity contribution is 5.17. The van der Waals surface area contributed by atoms with Gasteiger partial charge in [0.2, 0.25) is 0 Å². The summed E-state index contributed by atoms with van der Waals surface area (Å²) in [6.45, 7) is 2.03. The molecule has 50 valence electrons. The minimum atomic E-state index is -0.330. The predicted molar refractivity (Wildman–Crippen MR) is 33.0 cm³/mol. The Labute approximate surface area is 54.1 Å². The standard InChI is InChI=1S/C7H10O2/c1-4-2-5(8)7-6(3-4)9-7/h2,5-8H,3H2,1H3/t5-,6+,7-/m1/s1. The fourth-order valence-corrected chi connectivity index (χ4v) is 1.39. The van der Waals surface area contributed by atoms with Gasteiger partial charge < -0.3 is 9.84 Å². The van der Waals surface area contributed by atoms with Crippen LogP contribution in [0.5, 0.6) is 0 Å². The first-order chi connectivity index (χ1) is 4.27. The molecule has 2 heteroatoms. The maximum atomic E-state index is 9.19. The summed E-state index contributed by atoms with van der Waals surface area (Å²) >= 11 is 0. The minimum Gasteiger partial charge on any atom is -0.386 e. The van der Waals surface area contributed by atoms with Crippen LogP contribution in [0.1, 0.15) is 13.3 Å². The van der Waals surface area contributed by atoms with E-state index >= 15 is 0 Å². The van der Waals surface area contributed by atoms with Crippen molar-refractivity contribution in [2.45, 2.75) is 31.7 Å². The number of ether oxygens (including phenoxy) is 1. The zero-order valence-corrected chi connectivity index (χ0v) is 5.37. The molecule has 2 aliphatic rings. The van der Waals surface area contributed by atoms with Crippen LogP contribution in [0.4, 0.5) is 0 Å². The largest absolute Gasteiger partial charge is 0.386 e. The van der Waals surface area contributed by atoms with Crippen LogP contribution in [0.15, 0.2) is 11.6 Å². The van der Waals surface area contributed by atoms with Gasteiger partial charge in [0, 0.05) is 0 Å². The van der Waals surface area contributed by atoms with Gasteiger partial charge in [0.25, 0.3) is 0 Å². The Balaban J connectivity index is 2.16. The fraction of sp³-hybridized carbons (Fsp3) is 0.714. The third-order valence-corrected chi connectivity index (χ3v) is 1.94. The third kappa shape index (κ3) is 0.787. The number of hydrogen-bond donors (Lipinski definition) is 1. The molecule has 1 fully saturated rings. The van der Waals surface area contributed by atoms with E-state index in [9.17, 15) is 5.11 Å². The van der Waals surface area contributed by atoms with Crippen molar-refractivity contribution < 1.29 is 9.84 Å². The zero-order chi connectivity index (χ0) is 6.43. The number of rotatable bonds is 0. The van der Waals surface area contributed by atoms with Crippen molar-refractivity contribution in [2.24, 2.45) is 0 Å². The van der Waals surface area contributed by atoms with E-state index in [0.29, 0.717) is 6.10 Å². The fourth-order valence-electron chi connectivity index (χ4n) is 1.39. The summed E-state index contributed by atoms with van der Waals surface area (Å²) in [6, 6.07) is 0. The summed E-state index contributed by atoms with van der Waals surface area (Å²) < 4.78 is 5.16. The van der Waals surface area contributed by atoms with Gasteiger partial charge in [-0.15, -0.1) is 0 Å². The molecule has 2 nitrogen and oxygen atoms in total. The topological polar surface area (TPSA) is 32.8 Å². The van der Waals surface area contributed by atoms with E-state index in [0.717, 1.165) is 6.42 Å². The zero-order valence-electron chi connectivity index (χ0n) is 5.37. The van der Waals surface area contributed by atoms with Gasteiger partial charge in [-0.1, -0.05) is 11.6 Å². The lowest BCUT2D eigenvalue weighted by Gasteiger charge is -2.08. The highest BCUT2D eigenvalue weighted by atomic mass is 16.6. The number of aliphatic hydroxyl groups is 1. The average molecular weight is 126 g/mol. The van der Waals surface area contributed by atoms with Crippen LogP contribution in [0.25, 0.3) is 0 Å². The monoisotopic (exact) mass is 126 g/mol. The maximum absolute atomic E-state index is 9.19. The first kappa shape index (κ1) is 5.45. The predicted octanol–water partition coefficient (Wildman–Crippen LogP) is 0.465. The first-order valence-electron chi connectivity index (χ1n) is 3.28. The molecule has 0 aromatic heterocycles. The molecule has 0 aromatic rings. The number of aliphatic hydroxyl groups excluding tert-OH is 1. The molecular weight excluding hydrogens is 116 g/mol. The van der Waals surface area contributed by atoms with Crippen LogP contribution in [-0.2, 0) is 4.74 Å². The Morgan fingerprint density at radius 1 is 1.78 bits per heavy atom. The van der Waals surface area contributed by atoms with Gasteiger partial charge >= 0.3 is 0 Å². The molecule has 3 atom stereocenters. The molecule has 0 bridgehead atoms. The minimum absolute atomic E-state index is 0.133. The molecule has 1 saturated heterocycles. The van der Waals surface area contributed by atoms with Crippen molar-refractivity contribution in [3.05, 3.63) is 11.6 Å². The second-order valence-corrected chi connectivity index (χ2v) is 2.85. The van der Waals surface area contributed by atoms with Crippen molar-refractivity contribution in [3.8, 4) is 0 Å². The van der Waals surface area contributed by atoms with E-state index < -0.39 is 0 Å². The second kappa shape index (κ2) is 1.58. The van der Waals surface area contributed by atoms with Crippen molar-refractivity contribution in [1.29, 1.82) is 0 Å². The molecule has 0 amide bonds. The van der Waals surface area contributed by atoms with Crippen LogP contribution in [0, 0.1) is 0 Å². The van der Waals surface area contributed by atoms with Crippen LogP contribution in [0.3, 0.4) is 0 Å². The normalized spacial score (nSPS) is 47.8. The average Bonchev–Trinajstić information content (AvgIpc) is 2.43. The Kier molecular flexibility index (Phi) is 0.957. The summed E-state index contributed by atoms with van der Waals surface area (Å²) in [5.74, 6) is 0. The first-order valence-corrected chi connectivity index (χ1v) is 3.28. The molecule has 0 saturated carbocycles. The molecule has 1 heterocycles. The van der Waals surface area contributed by atoms with Crippen LogP contribution >= 0.6 is 0 Å². The van der Waals surface area contributed by atoms with Gasteiger partial charge in [0.15, 0.2) is 0 Å². The Morgan fingerprint density at radius 2 is 2.56 bits per heavy atom. The third-order valence-electron chi connectivity index (χ3n) is 1.94. The molecule has 1 N–H and O–H groups in total. The van der Waals surface area contributed by atoms with Gasteiger partial charge in [-0.25, -0.2) is 0 Å². The summed E-state index contributed by atoms with van der Waals surface area (Å²) in [7, 11) is 0. The molecule has 0 spiro atoms. The van der Waals surface area contributed by atoms with E-state index in [-0.39, 0.29) is 12.2 Å². The van der Waals surface area contributed by atoms with E-state index in [1.54, 1.807) is 0 Å². The lowest BCUT2D eigenvalue weighted by molar-refractivity contribution is 0.177. The van der Waals surface area contributed by atoms with Gasteiger partial charge in [0.1, 0.15) is 12.2 Å². The number of fused-ring (bicyclic) bond motifs is 1. The van der Waals surface area contributed by atoms with Gasteiger partial charge in [-0.05, 0) is 13.3 Å². The van der Waals surface area contributed by atoms with Crippen LogP contribution < -0.4 is 0 Å². The molecule has 9 heavy (non-hydrogen) atoms. The SMILES string of the molecule is CC1=C[C@@H](O)[C@H]2O[C@H]2C1. The quantitative estimate of drug-likeness (QED) is 0.378. The molecule has 1 aliphatic heterocycles. The van der Waals surface area contributed by atoms with Crippen molar-refractivity contribution >= 4 is 0 Å². The van der Waals surface area contributed by atoms with Crippen molar-refractivity contribution in [3.63, 3.8) is 0 Å². The highest BCUT2D eigenvalue weighted by Crippen LogP contribution is 2.35. The number of hydrogen-bond acceptors (Lipinski definition) is 2. The lowest BCUT2D eigenvalue weighted by Crippen LogP contribution is -2.18. The van der Waals surface area contributed by atoms with E-state index in [1.165, 1.54) is 5.57 Å². The highest BCUT2D eigenvalue weighted by Gasteiger charge is 2.45. The Bertz CT molecular complexity index is 162. The van der Waals surface area contributed by atoms with E-state index in [2.05, 4.69) is 0 Å². The second-order valence-electron chi connectivity index (χ2n) is 2.85. The summed E-state index contributed by atoms with van der Waals surface area (Å²) in [6.07, 6.45) is 3.04. The molecule has 0 unspecified atom stereocenters. The van der Waals surface area contributed by atoms with Gasteiger partial charge in [-0.3, -0.25) is 0 Å². The van der Waals surface area contributed by atoms with Crippen LogP contribution in [0.2, 0.25) is 0 Å². The Morgan fingerprint density at radius 3 is 3.22 bits per heavy atom. The van der Waals surface area contributed by atoms with Crippen LogP contribution in [-0.4, -0.2) is 23.4 Å². The maximum Gasteiger partial charge on any atom is 0.114 e. The van der Waals surface area contributed by atoms with Crippen molar-refractivity contribution in [1.82, 2.24) is 0 Å². The van der Waals surface area contributed by atoms with Crippen molar-refractivity contribution in [2.75, 3.05) is 0 Å². The molecule has 2 rings (SSSR count). The molecular formula is C7H10O2.